The summed E-state index contributed by atoms with van der Waals surface area (Å²) in [6.07, 6.45) is 3.10. The first-order chi connectivity index (χ1) is 10.2. The van der Waals surface area contributed by atoms with Crippen molar-refractivity contribution in [3.8, 4) is 0 Å². The summed E-state index contributed by atoms with van der Waals surface area (Å²) in [6.45, 7) is 5.03. The number of hydrogen-bond acceptors (Lipinski definition) is 6. The lowest BCUT2D eigenvalue weighted by molar-refractivity contribution is 0.670. The molecule has 2 N–H and O–H groups in total. The molecule has 0 aliphatic carbocycles. The third kappa shape index (κ3) is 2.79. The van der Waals surface area contributed by atoms with Gasteiger partial charge in [0, 0.05) is 18.3 Å². The molecular formula is C15H20N6. The smallest absolute Gasteiger partial charge is 0.146 e. The molecule has 1 fully saturated rings. The maximum absolute atomic E-state index is 5.62. The van der Waals surface area contributed by atoms with Gasteiger partial charge in [0.05, 0.1) is 11.7 Å². The number of nitrogens with zero attached hydrogens (tertiary/aromatic N) is 5. The van der Waals surface area contributed by atoms with Gasteiger partial charge in [0.25, 0.3) is 0 Å². The highest BCUT2D eigenvalue weighted by molar-refractivity contribution is 5.44. The molecule has 6 heteroatoms. The van der Waals surface area contributed by atoms with Crippen LogP contribution in [0.15, 0.2) is 18.2 Å². The van der Waals surface area contributed by atoms with Crippen molar-refractivity contribution < 1.29 is 0 Å². The van der Waals surface area contributed by atoms with Crippen LogP contribution < -0.4 is 10.6 Å². The molecule has 110 valence electrons. The van der Waals surface area contributed by atoms with Gasteiger partial charge in [-0.1, -0.05) is 6.92 Å². The van der Waals surface area contributed by atoms with Gasteiger partial charge in [0.1, 0.15) is 17.5 Å². The minimum absolute atomic E-state index is 0.220. The zero-order valence-electron chi connectivity index (χ0n) is 12.5. The first-order valence-corrected chi connectivity index (χ1v) is 7.37. The minimum Gasteiger partial charge on any atom is -0.382 e. The molecule has 1 aliphatic heterocycles. The van der Waals surface area contributed by atoms with E-state index in [1.54, 1.807) is 0 Å². The van der Waals surface area contributed by atoms with Gasteiger partial charge in [0.2, 0.25) is 0 Å². The van der Waals surface area contributed by atoms with Gasteiger partial charge in [-0.25, -0.2) is 9.97 Å². The zero-order chi connectivity index (χ0) is 14.8. The lowest BCUT2D eigenvalue weighted by Gasteiger charge is -2.25. The van der Waals surface area contributed by atoms with Crippen LogP contribution in [0.5, 0.6) is 0 Å². The molecule has 0 bridgehead atoms. The highest BCUT2D eigenvalue weighted by atomic mass is 15.3. The quantitative estimate of drug-likeness (QED) is 0.929. The van der Waals surface area contributed by atoms with Gasteiger partial charge >= 0.3 is 0 Å². The number of nitrogen functional groups attached to an aromatic ring is 1. The molecule has 3 rings (SSSR count). The number of aromatic nitrogens is 4. The van der Waals surface area contributed by atoms with Crippen LogP contribution in [0.4, 0.5) is 11.6 Å². The van der Waals surface area contributed by atoms with Gasteiger partial charge in [-0.05, 0) is 38.3 Å². The van der Waals surface area contributed by atoms with Crippen molar-refractivity contribution in [2.75, 3.05) is 17.2 Å². The van der Waals surface area contributed by atoms with E-state index in [9.17, 15) is 0 Å². The Labute approximate surface area is 124 Å². The van der Waals surface area contributed by atoms with Crippen LogP contribution in [0.25, 0.3) is 0 Å². The van der Waals surface area contributed by atoms with Gasteiger partial charge in [-0.2, -0.15) is 5.10 Å². The molecule has 0 saturated carbocycles. The Kier molecular flexibility index (Phi) is 3.68. The highest BCUT2D eigenvalue weighted by Gasteiger charge is 2.28. The number of nitrogens with two attached hydrogens (primary N) is 1. The highest BCUT2D eigenvalue weighted by Crippen LogP contribution is 2.34. The van der Waals surface area contributed by atoms with Crippen LogP contribution in [0.1, 0.15) is 43.0 Å². The first kappa shape index (κ1) is 13.7. The van der Waals surface area contributed by atoms with Crippen molar-refractivity contribution in [1.29, 1.82) is 0 Å². The standard InChI is InChI=1S/C15H20N6/c1-3-11-9-15(18-10(2)17-11)21-8-4-5-13(21)12-6-7-14(16)20-19-12/h6-7,9,13H,3-5,8H2,1-2H3,(H2,16,20). The van der Waals surface area contributed by atoms with Crippen molar-refractivity contribution in [2.24, 2.45) is 0 Å². The molecule has 1 atom stereocenters. The fourth-order valence-corrected chi connectivity index (χ4v) is 2.82. The topological polar surface area (TPSA) is 80.8 Å². The fraction of sp³-hybridized carbons (Fsp3) is 0.467. The number of rotatable bonds is 3. The van der Waals surface area contributed by atoms with E-state index in [0.29, 0.717) is 5.82 Å². The Balaban J connectivity index is 1.93. The van der Waals surface area contributed by atoms with Gasteiger partial charge in [0.15, 0.2) is 0 Å². The van der Waals surface area contributed by atoms with Gasteiger partial charge in [-0.3, -0.25) is 0 Å². The average Bonchev–Trinajstić information content (AvgIpc) is 2.97. The van der Waals surface area contributed by atoms with Crippen LogP contribution in [-0.2, 0) is 6.42 Å². The molecule has 2 aromatic heterocycles. The van der Waals surface area contributed by atoms with Crippen molar-refractivity contribution in [2.45, 2.75) is 39.2 Å². The third-order valence-corrected chi connectivity index (χ3v) is 3.83. The maximum Gasteiger partial charge on any atom is 0.146 e. The van der Waals surface area contributed by atoms with Crippen LogP contribution in [0.3, 0.4) is 0 Å². The molecule has 21 heavy (non-hydrogen) atoms. The minimum atomic E-state index is 0.220. The normalized spacial score (nSPS) is 18.2. The van der Waals surface area contributed by atoms with Crippen LogP contribution in [0, 0.1) is 6.92 Å². The summed E-state index contributed by atoms with van der Waals surface area (Å²) in [6, 6.07) is 6.06. The monoisotopic (exact) mass is 284 g/mol. The van der Waals surface area contributed by atoms with Gasteiger partial charge < -0.3 is 10.6 Å². The zero-order valence-corrected chi connectivity index (χ0v) is 12.5. The van der Waals surface area contributed by atoms with E-state index in [1.807, 2.05) is 19.1 Å². The Morgan fingerprint density at radius 1 is 1.29 bits per heavy atom. The molecule has 1 aliphatic rings. The Morgan fingerprint density at radius 2 is 2.14 bits per heavy atom. The summed E-state index contributed by atoms with van der Waals surface area (Å²) >= 11 is 0. The van der Waals surface area contributed by atoms with Crippen molar-refractivity contribution >= 4 is 11.6 Å². The lowest BCUT2D eigenvalue weighted by Crippen LogP contribution is -2.25. The summed E-state index contributed by atoms with van der Waals surface area (Å²) < 4.78 is 0. The molecule has 2 aromatic rings. The molecule has 0 aromatic carbocycles. The number of aryl methyl sites for hydroxylation is 2. The number of hydrogen-bond donors (Lipinski definition) is 1. The second-order valence-electron chi connectivity index (χ2n) is 5.35. The van der Waals surface area contributed by atoms with E-state index in [0.717, 1.165) is 48.8 Å². The molecule has 0 amide bonds. The maximum atomic E-state index is 5.62. The van der Waals surface area contributed by atoms with E-state index < -0.39 is 0 Å². The first-order valence-electron chi connectivity index (χ1n) is 7.37. The van der Waals surface area contributed by atoms with Crippen molar-refractivity contribution in [3.63, 3.8) is 0 Å². The summed E-state index contributed by atoms with van der Waals surface area (Å²) in [7, 11) is 0. The van der Waals surface area contributed by atoms with Crippen LogP contribution >= 0.6 is 0 Å². The van der Waals surface area contributed by atoms with E-state index in [-0.39, 0.29) is 6.04 Å². The van der Waals surface area contributed by atoms with E-state index in [1.165, 1.54) is 0 Å². The van der Waals surface area contributed by atoms with Crippen molar-refractivity contribution in [1.82, 2.24) is 20.2 Å². The van der Waals surface area contributed by atoms with Crippen LogP contribution in [0.2, 0.25) is 0 Å². The number of anilines is 2. The van der Waals surface area contributed by atoms with E-state index >= 15 is 0 Å². The Bertz CT molecular complexity index is 625. The summed E-state index contributed by atoms with van der Waals surface area (Å²) in [5, 5.41) is 8.21. The molecule has 0 radical (unpaired) electrons. The largest absolute Gasteiger partial charge is 0.382 e. The molecule has 1 unspecified atom stereocenters. The lowest BCUT2D eigenvalue weighted by atomic mass is 10.1. The third-order valence-electron chi connectivity index (χ3n) is 3.83. The predicted octanol–water partition coefficient (Wildman–Crippen LogP) is 2.06. The van der Waals surface area contributed by atoms with E-state index in [2.05, 4.69) is 38.1 Å². The summed E-state index contributed by atoms with van der Waals surface area (Å²) in [5.41, 5.74) is 7.65. The molecular weight excluding hydrogens is 264 g/mol. The SMILES string of the molecule is CCc1cc(N2CCCC2c2ccc(N)nn2)nc(C)n1. The second-order valence-corrected chi connectivity index (χ2v) is 5.35. The average molecular weight is 284 g/mol. The Hall–Kier alpha value is -2.24. The predicted molar refractivity (Wildman–Crippen MR) is 81.9 cm³/mol. The molecule has 1 saturated heterocycles. The molecule has 0 spiro atoms. The van der Waals surface area contributed by atoms with Crippen molar-refractivity contribution in [3.05, 3.63) is 35.4 Å². The summed E-state index contributed by atoms with van der Waals surface area (Å²) in [5.74, 6) is 2.26. The molecule has 6 nitrogen and oxygen atoms in total. The van der Waals surface area contributed by atoms with E-state index in [4.69, 9.17) is 5.73 Å². The molecule has 3 heterocycles. The fourth-order valence-electron chi connectivity index (χ4n) is 2.82. The Morgan fingerprint density at radius 3 is 2.86 bits per heavy atom. The van der Waals surface area contributed by atoms with Crippen LogP contribution in [-0.4, -0.2) is 26.7 Å². The summed E-state index contributed by atoms with van der Waals surface area (Å²) in [4.78, 5) is 11.3. The second kappa shape index (κ2) is 5.63. The van der Waals surface area contributed by atoms with Gasteiger partial charge in [-0.15, -0.1) is 5.10 Å².